The van der Waals surface area contributed by atoms with Gasteiger partial charge < -0.3 is 15.4 Å². The van der Waals surface area contributed by atoms with E-state index >= 15 is 0 Å². The van der Waals surface area contributed by atoms with Gasteiger partial charge >= 0.3 is 0 Å². The first-order chi connectivity index (χ1) is 10.8. The molecule has 1 aromatic rings. The fourth-order valence-electron chi connectivity index (χ4n) is 3.86. The second-order valence-corrected chi connectivity index (χ2v) is 6.48. The number of morpholine rings is 1. The van der Waals surface area contributed by atoms with E-state index in [0.29, 0.717) is 38.1 Å². The van der Waals surface area contributed by atoms with Gasteiger partial charge in [0.2, 0.25) is 5.91 Å². The Bertz CT molecular complexity index is 497. The molecule has 1 amide bonds. The molecule has 1 saturated heterocycles. The van der Waals surface area contributed by atoms with Gasteiger partial charge in [0.05, 0.1) is 19.3 Å². The zero-order valence-corrected chi connectivity index (χ0v) is 14.3. The Kier molecular flexibility index (Phi) is 6.88. The molecule has 3 atom stereocenters. The molecule has 5 heteroatoms. The van der Waals surface area contributed by atoms with Gasteiger partial charge in [-0.2, -0.15) is 0 Å². The number of benzene rings is 1. The average Bonchev–Trinajstić information content (AvgIpc) is 3.04. The monoisotopic (exact) mass is 338 g/mol. The topological polar surface area (TPSA) is 55.6 Å². The predicted octanol–water partition coefficient (Wildman–Crippen LogP) is 2.25. The first kappa shape index (κ1) is 18.2. The van der Waals surface area contributed by atoms with E-state index in [9.17, 15) is 4.79 Å². The maximum atomic E-state index is 13.0. The van der Waals surface area contributed by atoms with E-state index in [1.54, 1.807) is 0 Å². The average molecular weight is 339 g/mol. The minimum Gasteiger partial charge on any atom is -0.377 e. The molecule has 0 spiro atoms. The molecule has 1 unspecified atom stereocenters. The molecule has 128 valence electrons. The Labute approximate surface area is 144 Å². The van der Waals surface area contributed by atoms with Crippen LogP contribution in [0.2, 0.25) is 0 Å². The maximum absolute atomic E-state index is 13.0. The molecule has 0 bridgehead atoms. The van der Waals surface area contributed by atoms with Gasteiger partial charge in [0.15, 0.2) is 0 Å². The van der Waals surface area contributed by atoms with Crippen molar-refractivity contribution >= 4 is 18.3 Å². The summed E-state index contributed by atoms with van der Waals surface area (Å²) in [5.74, 6) is 0.797. The third-order valence-electron chi connectivity index (χ3n) is 5.10. The number of hydrogen-bond acceptors (Lipinski definition) is 3. The van der Waals surface area contributed by atoms with Crippen molar-refractivity contribution in [1.29, 1.82) is 0 Å². The molecule has 1 aromatic carbocycles. The number of ether oxygens (including phenoxy) is 1. The lowest BCUT2D eigenvalue weighted by molar-refractivity contribution is -0.145. The van der Waals surface area contributed by atoms with E-state index in [1.165, 1.54) is 5.56 Å². The summed E-state index contributed by atoms with van der Waals surface area (Å²) in [6.07, 6.45) is 4.09. The molecule has 4 nitrogen and oxygen atoms in total. The van der Waals surface area contributed by atoms with Crippen LogP contribution >= 0.6 is 12.4 Å². The van der Waals surface area contributed by atoms with E-state index < -0.39 is 0 Å². The molecule has 1 heterocycles. The van der Waals surface area contributed by atoms with E-state index in [-0.39, 0.29) is 24.4 Å². The van der Waals surface area contributed by atoms with E-state index in [2.05, 4.69) is 17.0 Å². The van der Waals surface area contributed by atoms with Gasteiger partial charge in [-0.25, -0.2) is 0 Å². The van der Waals surface area contributed by atoms with Crippen molar-refractivity contribution in [3.8, 4) is 0 Å². The maximum Gasteiger partial charge on any atom is 0.226 e. The standard InChI is InChI=1S/C18H26N2O2.ClH/c19-12-15-7-4-8-17(15)18(21)20-9-10-22-13-16(20)11-14-5-2-1-3-6-14;/h1-3,5-6,15-17H,4,7-13,19H2;1H/t15-,16?,17-;/m1./s1. The Hall–Kier alpha value is -1.10. The number of halogens is 1. The fourth-order valence-corrected chi connectivity index (χ4v) is 3.86. The van der Waals surface area contributed by atoms with Gasteiger partial charge in [-0.15, -0.1) is 12.4 Å². The third kappa shape index (κ3) is 4.25. The van der Waals surface area contributed by atoms with Crippen LogP contribution in [-0.2, 0) is 16.0 Å². The summed E-state index contributed by atoms with van der Waals surface area (Å²) < 4.78 is 5.63. The summed E-state index contributed by atoms with van der Waals surface area (Å²) in [6.45, 7) is 2.63. The number of carbonyl (C=O) groups is 1. The van der Waals surface area contributed by atoms with Crippen LogP contribution in [0.3, 0.4) is 0 Å². The van der Waals surface area contributed by atoms with Gasteiger partial charge in [0, 0.05) is 12.5 Å². The number of carbonyl (C=O) groups excluding carboxylic acids is 1. The number of nitrogens with two attached hydrogens (primary N) is 1. The van der Waals surface area contributed by atoms with Crippen molar-refractivity contribution in [2.45, 2.75) is 31.7 Å². The van der Waals surface area contributed by atoms with Gasteiger partial charge in [-0.1, -0.05) is 36.8 Å². The largest absolute Gasteiger partial charge is 0.377 e. The highest BCUT2D eigenvalue weighted by molar-refractivity contribution is 5.85. The molecule has 0 radical (unpaired) electrons. The van der Waals surface area contributed by atoms with Crippen molar-refractivity contribution < 1.29 is 9.53 Å². The zero-order valence-electron chi connectivity index (χ0n) is 13.5. The molecule has 1 saturated carbocycles. The number of rotatable bonds is 4. The van der Waals surface area contributed by atoms with Gasteiger partial charge in [-0.3, -0.25) is 4.79 Å². The van der Waals surface area contributed by atoms with Crippen LogP contribution in [0.25, 0.3) is 0 Å². The SMILES string of the molecule is Cl.NC[C@H]1CCC[C@H]1C(=O)N1CCOCC1Cc1ccccc1. The summed E-state index contributed by atoms with van der Waals surface area (Å²) in [7, 11) is 0. The summed E-state index contributed by atoms with van der Waals surface area (Å²) in [4.78, 5) is 15.0. The molecule has 0 aromatic heterocycles. The van der Waals surface area contributed by atoms with Crippen LogP contribution in [0.5, 0.6) is 0 Å². The van der Waals surface area contributed by atoms with Crippen LogP contribution in [-0.4, -0.2) is 43.2 Å². The Balaban J connectivity index is 0.00000192. The van der Waals surface area contributed by atoms with E-state index in [1.807, 2.05) is 18.2 Å². The molecule has 1 aliphatic carbocycles. The highest BCUT2D eigenvalue weighted by Gasteiger charge is 2.37. The lowest BCUT2D eigenvalue weighted by atomic mass is 9.93. The Morgan fingerprint density at radius 2 is 2.04 bits per heavy atom. The first-order valence-electron chi connectivity index (χ1n) is 8.42. The van der Waals surface area contributed by atoms with Crippen LogP contribution in [0.4, 0.5) is 0 Å². The van der Waals surface area contributed by atoms with Crippen molar-refractivity contribution in [3.63, 3.8) is 0 Å². The second kappa shape index (κ2) is 8.67. The molecule has 3 rings (SSSR count). The summed E-state index contributed by atoms with van der Waals surface area (Å²) >= 11 is 0. The van der Waals surface area contributed by atoms with Crippen LogP contribution in [0.1, 0.15) is 24.8 Å². The Morgan fingerprint density at radius 1 is 1.26 bits per heavy atom. The molecule has 2 fully saturated rings. The van der Waals surface area contributed by atoms with Crippen molar-refractivity contribution in [2.24, 2.45) is 17.6 Å². The molecular formula is C18H27ClN2O2. The number of amides is 1. The Morgan fingerprint density at radius 3 is 2.78 bits per heavy atom. The highest BCUT2D eigenvalue weighted by Crippen LogP contribution is 2.33. The summed E-state index contributed by atoms with van der Waals surface area (Å²) in [5.41, 5.74) is 7.12. The predicted molar refractivity (Wildman–Crippen MR) is 93.6 cm³/mol. The van der Waals surface area contributed by atoms with Crippen LogP contribution in [0, 0.1) is 11.8 Å². The highest BCUT2D eigenvalue weighted by atomic mass is 35.5. The summed E-state index contributed by atoms with van der Waals surface area (Å²) in [6, 6.07) is 10.5. The smallest absolute Gasteiger partial charge is 0.226 e. The van der Waals surface area contributed by atoms with Crippen LogP contribution < -0.4 is 5.73 Å². The van der Waals surface area contributed by atoms with Crippen LogP contribution in [0.15, 0.2) is 30.3 Å². The first-order valence-corrected chi connectivity index (χ1v) is 8.42. The molecule has 23 heavy (non-hydrogen) atoms. The quantitative estimate of drug-likeness (QED) is 0.916. The molecule has 2 aliphatic rings. The van der Waals surface area contributed by atoms with E-state index in [4.69, 9.17) is 10.5 Å². The van der Waals surface area contributed by atoms with Gasteiger partial charge in [0.25, 0.3) is 0 Å². The summed E-state index contributed by atoms with van der Waals surface area (Å²) in [5, 5.41) is 0. The minimum atomic E-state index is 0. The fraction of sp³-hybridized carbons (Fsp3) is 0.611. The third-order valence-corrected chi connectivity index (χ3v) is 5.10. The van der Waals surface area contributed by atoms with Crippen molar-refractivity contribution in [3.05, 3.63) is 35.9 Å². The zero-order chi connectivity index (χ0) is 15.4. The number of hydrogen-bond donors (Lipinski definition) is 1. The molecular weight excluding hydrogens is 312 g/mol. The van der Waals surface area contributed by atoms with Gasteiger partial charge in [-0.05, 0) is 37.3 Å². The van der Waals surface area contributed by atoms with Crippen molar-refractivity contribution in [2.75, 3.05) is 26.3 Å². The second-order valence-electron chi connectivity index (χ2n) is 6.48. The minimum absolute atomic E-state index is 0. The van der Waals surface area contributed by atoms with E-state index in [0.717, 1.165) is 25.7 Å². The normalized spacial score (nSPS) is 27.5. The lowest BCUT2D eigenvalue weighted by Crippen LogP contribution is -2.52. The molecule has 1 aliphatic heterocycles. The van der Waals surface area contributed by atoms with Gasteiger partial charge in [0.1, 0.15) is 0 Å². The molecule has 2 N–H and O–H groups in total. The van der Waals surface area contributed by atoms with Crippen molar-refractivity contribution in [1.82, 2.24) is 4.90 Å². The number of nitrogens with zero attached hydrogens (tertiary/aromatic N) is 1. The lowest BCUT2D eigenvalue weighted by Gasteiger charge is -2.38.